The second-order valence-corrected chi connectivity index (χ2v) is 11.3. The highest BCUT2D eigenvalue weighted by atomic mass is 32.1. The van der Waals surface area contributed by atoms with Gasteiger partial charge in [0.15, 0.2) is 0 Å². The monoisotopic (exact) mass is 508 g/mol. The van der Waals surface area contributed by atoms with Gasteiger partial charge in [-0.3, -0.25) is 4.57 Å². The van der Waals surface area contributed by atoms with Gasteiger partial charge in [-0.2, -0.15) is 0 Å². The number of thiophene rings is 2. The molecule has 0 aliphatic rings. The van der Waals surface area contributed by atoms with E-state index in [-0.39, 0.29) is 0 Å². The maximum atomic E-state index is 5.26. The molecule has 174 valence electrons. The standard InChI is InChI=1S/C33H20N2S2/c1-3-11-21(12-4-1)23-19-26(22-13-5-2-6-14-22)34-29(20-23)35-27-17-9-7-15-24(27)30-32-31(37-33(30)35)25-16-8-10-18-28(25)36-32/h1-20H. The fraction of sp³-hybridized carbons (Fsp3) is 0. The third kappa shape index (κ3) is 3.20. The van der Waals surface area contributed by atoms with Crippen molar-refractivity contribution in [1.82, 2.24) is 9.55 Å². The van der Waals surface area contributed by atoms with Crippen molar-refractivity contribution in [3.63, 3.8) is 0 Å². The highest BCUT2D eigenvalue weighted by molar-refractivity contribution is 7.36. The first-order chi connectivity index (χ1) is 18.3. The first kappa shape index (κ1) is 20.9. The van der Waals surface area contributed by atoms with Crippen LogP contribution >= 0.6 is 22.7 Å². The maximum Gasteiger partial charge on any atom is 0.139 e. The summed E-state index contributed by atoms with van der Waals surface area (Å²) in [5.74, 6) is 0.949. The number of fused-ring (bicyclic) bond motifs is 7. The molecule has 0 saturated carbocycles. The van der Waals surface area contributed by atoms with E-state index in [0.717, 1.165) is 17.1 Å². The Morgan fingerprint density at radius 2 is 1.22 bits per heavy atom. The summed E-state index contributed by atoms with van der Waals surface area (Å²) in [6.45, 7) is 0. The van der Waals surface area contributed by atoms with Gasteiger partial charge in [0.1, 0.15) is 10.6 Å². The van der Waals surface area contributed by atoms with E-state index in [1.54, 1.807) is 0 Å². The Kier molecular flexibility index (Phi) is 4.59. The van der Waals surface area contributed by atoms with E-state index in [2.05, 4.69) is 126 Å². The van der Waals surface area contributed by atoms with Crippen molar-refractivity contribution >= 4 is 63.3 Å². The molecule has 37 heavy (non-hydrogen) atoms. The second kappa shape index (κ2) is 8.13. The lowest BCUT2D eigenvalue weighted by Gasteiger charge is -2.12. The Morgan fingerprint density at radius 1 is 0.541 bits per heavy atom. The van der Waals surface area contributed by atoms with Crippen molar-refractivity contribution in [3.8, 4) is 28.2 Å². The normalized spacial score (nSPS) is 11.8. The summed E-state index contributed by atoms with van der Waals surface area (Å²) < 4.78 is 6.46. The molecule has 0 unspecified atom stereocenters. The minimum Gasteiger partial charge on any atom is -0.285 e. The van der Waals surface area contributed by atoms with Gasteiger partial charge in [0.2, 0.25) is 0 Å². The van der Waals surface area contributed by atoms with Crippen molar-refractivity contribution in [2.75, 3.05) is 0 Å². The Labute approximate surface area is 221 Å². The van der Waals surface area contributed by atoms with E-state index in [1.807, 2.05) is 22.7 Å². The molecular formula is C33H20N2S2. The average molecular weight is 509 g/mol. The first-order valence-electron chi connectivity index (χ1n) is 12.3. The number of nitrogens with zero attached hydrogens (tertiary/aromatic N) is 2. The lowest BCUT2D eigenvalue weighted by molar-refractivity contribution is 1.09. The molecule has 0 fully saturated rings. The van der Waals surface area contributed by atoms with Gasteiger partial charge in [-0.1, -0.05) is 97.1 Å². The van der Waals surface area contributed by atoms with Crippen LogP contribution in [0.4, 0.5) is 0 Å². The lowest BCUT2D eigenvalue weighted by atomic mass is 10.0. The molecule has 0 aliphatic heterocycles. The summed E-state index contributed by atoms with van der Waals surface area (Å²) in [7, 11) is 0. The third-order valence-electron chi connectivity index (χ3n) is 7.02. The molecular weight excluding hydrogens is 489 g/mol. The zero-order valence-electron chi connectivity index (χ0n) is 19.8. The summed E-state index contributed by atoms with van der Waals surface area (Å²) in [4.78, 5) is 6.52. The minimum absolute atomic E-state index is 0.949. The van der Waals surface area contributed by atoms with Crippen molar-refractivity contribution in [1.29, 1.82) is 0 Å². The van der Waals surface area contributed by atoms with E-state index < -0.39 is 0 Å². The van der Waals surface area contributed by atoms with Crippen LogP contribution in [0.25, 0.3) is 68.8 Å². The summed E-state index contributed by atoms with van der Waals surface area (Å²) in [5.41, 5.74) is 5.65. The Morgan fingerprint density at radius 3 is 2.03 bits per heavy atom. The van der Waals surface area contributed by atoms with Gasteiger partial charge in [0, 0.05) is 26.4 Å². The van der Waals surface area contributed by atoms with Gasteiger partial charge in [0.25, 0.3) is 0 Å². The molecule has 4 aromatic heterocycles. The molecule has 0 saturated heterocycles. The zero-order valence-corrected chi connectivity index (χ0v) is 21.4. The molecule has 0 aliphatic carbocycles. The Hall–Kier alpha value is -4.25. The summed E-state index contributed by atoms with van der Waals surface area (Å²) in [6.07, 6.45) is 0. The van der Waals surface area contributed by atoms with Crippen molar-refractivity contribution < 1.29 is 0 Å². The predicted octanol–water partition coefficient (Wildman–Crippen LogP) is 9.94. The van der Waals surface area contributed by atoms with E-state index in [1.165, 1.54) is 51.7 Å². The van der Waals surface area contributed by atoms with Crippen LogP contribution in [0.3, 0.4) is 0 Å². The zero-order chi connectivity index (χ0) is 24.3. The van der Waals surface area contributed by atoms with Gasteiger partial charge in [-0.05, 0) is 35.4 Å². The molecule has 0 amide bonds. The van der Waals surface area contributed by atoms with Crippen LogP contribution in [-0.2, 0) is 0 Å². The van der Waals surface area contributed by atoms with Gasteiger partial charge in [0.05, 0.1) is 20.6 Å². The van der Waals surface area contributed by atoms with Crippen molar-refractivity contribution in [2.45, 2.75) is 0 Å². The molecule has 0 radical (unpaired) electrons. The summed E-state index contributed by atoms with van der Waals surface area (Å²) in [5, 5.41) is 3.96. The molecule has 4 aromatic carbocycles. The quantitative estimate of drug-likeness (QED) is 0.232. The largest absolute Gasteiger partial charge is 0.285 e. The van der Waals surface area contributed by atoms with Crippen molar-refractivity contribution in [2.24, 2.45) is 0 Å². The fourth-order valence-electron chi connectivity index (χ4n) is 5.33. The average Bonchev–Trinajstić information content (AvgIpc) is 3.61. The molecule has 4 heteroatoms. The van der Waals surface area contributed by atoms with Crippen LogP contribution in [-0.4, -0.2) is 9.55 Å². The van der Waals surface area contributed by atoms with Gasteiger partial charge in [-0.25, -0.2) is 4.98 Å². The van der Waals surface area contributed by atoms with Crippen molar-refractivity contribution in [3.05, 3.63) is 121 Å². The number of pyridine rings is 1. The molecule has 2 nitrogen and oxygen atoms in total. The first-order valence-corrected chi connectivity index (χ1v) is 13.9. The van der Waals surface area contributed by atoms with Crippen LogP contribution in [0.5, 0.6) is 0 Å². The third-order valence-corrected chi connectivity index (χ3v) is 9.55. The van der Waals surface area contributed by atoms with Crippen LogP contribution in [0.1, 0.15) is 0 Å². The van der Waals surface area contributed by atoms with E-state index in [9.17, 15) is 0 Å². The molecule has 8 rings (SSSR count). The van der Waals surface area contributed by atoms with Crippen LogP contribution in [0.2, 0.25) is 0 Å². The molecule has 4 heterocycles. The summed E-state index contributed by atoms with van der Waals surface area (Å²) in [6, 6.07) is 43.0. The molecule has 0 bridgehead atoms. The highest BCUT2D eigenvalue weighted by Gasteiger charge is 2.21. The van der Waals surface area contributed by atoms with Gasteiger partial charge >= 0.3 is 0 Å². The van der Waals surface area contributed by atoms with E-state index in [4.69, 9.17) is 4.98 Å². The minimum atomic E-state index is 0.949. The second-order valence-electron chi connectivity index (χ2n) is 9.22. The predicted molar refractivity (Wildman–Crippen MR) is 160 cm³/mol. The molecule has 0 atom stereocenters. The molecule has 0 N–H and O–H groups in total. The number of hydrogen-bond donors (Lipinski definition) is 0. The number of aromatic nitrogens is 2. The number of rotatable bonds is 3. The van der Waals surface area contributed by atoms with E-state index in [0.29, 0.717) is 0 Å². The van der Waals surface area contributed by atoms with Crippen LogP contribution in [0, 0.1) is 0 Å². The number of para-hydroxylation sites is 1. The number of hydrogen-bond acceptors (Lipinski definition) is 3. The maximum absolute atomic E-state index is 5.26. The summed E-state index contributed by atoms with van der Waals surface area (Å²) >= 11 is 3.78. The van der Waals surface area contributed by atoms with Gasteiger partial charge in [-0.15, -0.1) is 22.7 Å². The SMILES string of the molecule is c1ccc(-c2cc(-c3ccccc3)nc(-n3c4ccccc4c4c5sc6ccccc6c5sc43)c2)cc1. The highest BCUT2D eigenvalue weighted by Crippen LogP contribution is 2.48. The number of benzene rings is 4. The molecule has 8 aromatic rings. The fourth-order valence-corrected chi connectivity index (χ4v) is 8.14. The van der Waals surface area contributed by atoms with Gasteiger partial charge < -0.3 is 0 Å². The lowest BCUT2D eigenvalue weighted by Crippen LogP contribution is -1.99. The van der Waals surface area contributed by atoms with Crippen LogP contribution < -0.4 is 0 Å². The topological polar surface area (TPSA) is 17.8 Å². The Bertz CT molecular complexity index is 2020. The smallest absolute Gasteiger partial charge is 0.139 e. The Balaban J connectivity index is 1.49. The van der Waals surface area contributed by atoms with Crippen LogP contribution in [0.15, 0.2) is 121 Å². The van der Waals surface area contributed by atoms with E-state index >= 15 is 0 Å². The molecule has 0 spiro atoms.